The summed E-state index contributed by atoms with van der Waals surface area (Å²) in [6.45, 7) is 4.55. The van der Waals surface area contributed by atoms with E-state index in [-0.39, 0.29) is 23.1 Å². The highest BCUT2D eigenvalue weighted by Crippen LogP contribution is 2.37. The first-order valence-electron chi connectivity index (χ1n) is 10.00. The first-order chi connectivity index (χ1) is 15.8. The molecule has 0 heterocycles. The molecule has 8 nitrogen and oxygen atoms in total. The van der Waals surface area contributed by atoms with E-state index in [2.05, 4.69) is 0 Å². The van der Waals surface area contributed by atoms with Crippen LogP contribution < -0.4 is 4.74 Å². The number of rotatable bonds is 9. The van der Waals surface area contributed by atoms with Crippen molar-refractivity contribution < 1.29 is 41.9 Å². The fraction of sp³-hybridized carbons (Fsp3) is 0.364. The minimum absolute atomic E-state index is 0.119. The third-order valence-electron chi connectivity index (χ3n) is 4.44. The summed E-state index contributed by atoms with van der Waals surface area (Å²) in [6, 6.07) is 5.43. The molecule has 184 valence electrons. The maximum atomic E-state index is 12.8. The van der Waals surface area contributed by atoms with Gasteiger partial charge >= 0.3 is 18.1 Å². The molecule has 2 aromatic carbocycles. The Kier molecular flexibility index (Phi) is 8.49. The van der Waals surface area contributed by atoms with Gasteiger partial charge in [0.1, 0.15) is 17.1 Å². The molecule has 0 fully saturated rings. The molecule has 0 radical (unpaired) electrons. The second kappa shape index (κ2) is 10.7. The molecule has 0 saturated heterocycles. The van der Waals surface area contributed by atoms with Gasteiger partial charge in [-0.25, -0.2) is 9.59 Å². The maximum absolute atomic E-state index is 12.8. The molecule has 2 rings (SSSR count). The van der Waals surface area contributed by atoms with Crippen LogP contribution in [-0.4, -0.2) is 29.1 Å². The monoisotopic (exact) mass is 503 g/mol. The zero-order valence-corrected chi connectivity index (χ0v) is 19.2. The number of carbonyl (C=O) groups is 2. The van der Waals surface area contributed by atoms with E-state index in [0.717, 1.165) is 36.8 Å². The van der Waals surface area contributed by atoms with Crippen LogP contribution in [0, 0.1) is 10.1 Å². The Morgan fingerprint density at radius 1 is 1.12 bits per heavy atom. The Bertz CT molecular complexity index is 1090. The van der Waals surface area contributed by atoms with Gasteiger partial charge < -0.3 is 14.2 Å². The lowest BCUT2D eigenvalue weighted by Gasteiger charge is -2.23. The van der Waals surface area contributed by atoms with Crippen LogP contribution in [0.4, 0.5) is 18.9 Å². The Balaban J connectivity index is 2.30. The summed E-state index contributed by atoms with van der Waals surface area (Å²) in [6.07, 6.45) is -3.24. The zero-order chi connectivity index (χ0) is 25.7. The lowest BCUT2D eigenvalue weighted by atomic mass is 10.1. The number of benzene rings is 2. The van der Waals surface area contributed by atoms with Gasteiger partial charge in [0, 0.05) is 12.1 Å². The summed E-state index contributed by atoms with van der Waals surface area (Å²) in [7, 11) is 0. The molecule has 0 amide bonds. The molecule has 12 heteroatoms. The summed E-state index contributed by atoms with van der Waals surface area (Å²) in [5.74, 6) is -2.35. The molecular formula is C22H21ClF3NO7. The average Bonchev–Trinajstić information content (AvgIpc) is 2.74. The number of alkyl halides is 3. The van der Waals surface area contributed by atoms with Crippen molar-refractivity contribution >= 4 is 29.2 Å². The highest BCUT2D eigenvalue weighted by Gasteiger charge is 2.36. The summed E-state index contributed by atoms with van der Waals surface area (Å²) in [5.41, 5.74) is -3.91. The van der Waals surface area contributed by atoms with Crippen LogP contribution in [0.2, 0.25) is 5.02 Å². The Morgan fingerprint density at radius 3 is 2.35 bits per heavy atom. The normalized spacial score (nSPS) is 11.6. The molecular weight excluding hydrogens is 483 g/mol. The van der Waals surface area contributed by atoms with E-state index < -0.39 is 45.5 Å². The molecule has 0 aromatic heterocycles. The van der Waals surface area contributed by atoms with Crippen molar-refractivity contribution in [2.24, 2.45) is 0 Å². The van der Waals surface area contributed by atoms with Gasteiger partial charge in [-0.1, -0.05) is 24.9 Å². The van der Waals surface area contributed by atoms with Crippen molar-refractivity contribution in [2.45, 2.75) is 45.4 Å². The average molecular weight is 504 g/mol. The Morgan fingerprint density at radius 2 is 1.79 bits per heavy atom. The molecule has 0 saturated carbocycles. The number of esters is 2. The lowest BCUT2D eigenvalue weighted by Crippen LogP contribution is -2.39. The highest BCUT2D eigenvalue weighted by atomic mass is 35.5. The summed E-state index contributed by atoms with van der Waals surface area (Å²) < 4.78 is 54.1. The van der Waals surface area contributed by atoms with Crippen LogP contribution >= 0.6 is 11.6 Å². The topological polar surface area (TPSA) is 105 Å². The largest absolute Gasteiger partial charge is 0.463 e. The molecule has 0 spiro atoms. The van der Waals surface area contributed by atoms with Crippen LogP contribution in [-0.2, 0) is 20.4 Å². The van der Waals surface area contributed by atoms with E-state index in [1.807, 2.05) is 6.92 Å². The number of hydrogen-bond acceptors (Lipinski definition) is 7. The van der Waals surface area contributed by atoms with E-state index in [0.29, 0.717) is 12.5 Å². The summed E-state index contributed by atoms with van der Waals surface area (Å²) in [4.78, 5) is 35.5. The molecule has 0 aliphatic rings. The van der Waals surface area contributed by atoms with Gasteiger partial charge in [-0.05, 0) is 44.5 Å². The lowest BCUT2D eigenvalue weighted by molar-refractivity contribution is -0.385. The molecule has 0 aliphatic heterocycles. The molecule has 2 aromatic rings. The van der Waals surface area contributed by atoms with Gasteiger partial charge in [0.15, 0.2) is 0 Å². The third kappa shape index (κ3) is 6.83. The third-order valence-corrected chi connectivity index (χ3v) is 4.74. The van der Waals surface area contributed by atoms with Gasteiger partial charge in [0.2, 0.25) is 5.60 Å². The van der Waals surface area contributed by atoms with E-state index >= 15 is 0 Å². The van der Waals surface area contributed by atoms with Crippen LogP contribution in [0.1, 0.15) is 49.5 Å². The quantitative estimate of drug-likeness (QED) is 0.170. The van der Waals surface area contributed by atoms with Crippen molar-refractivity contribution in [3.8, 4) is 11.5 Å². The second-order valence-corrected chi connectivity index (χ2v) is 7.98. The highest BCUT2D eigenvalue weighted by molar-refractivity contribution is 6.32. The minimum Gasteiger partial charge on any atom is -0.463 e. The van der Waals surface area contributed by atoms with Gasteiger partial charge in [-0.15, -0.1) is 0 Å². The first kappa shape index (κ1) is 26.9. The van der Waals surface area contributed by atoms with Gasteiger partial charge in [-0.3, -0.25) is 10.1 Å². The number of nitro groups is 1. The number of nitrogens with zero attached hydrogens (tertiary/aromatic N) is 1. The second-order valence-electron chi connectivity index (χ2n) is 7.57. The maximum Gasteiger partial charge on any atom is 0.416 e. The Labute approximate surface area is 197 Å². The first-order valence-corrected chi connectivity index (χ1v) is 10.4. The number of ether oxygens (including phenoxy) is 3. The van der Waals surface area contributed by atoms with Crippen molar-refractivity contribution in [1.29, 1.82) is 0 Å². The van der Waals surface area contributed by atoms with E-state index in [9.17, 15) is 32.9 Å². The predicted octanol–water partition coefficient (Wildman–Crippen LogP) is 6.34. The number of hydrogen-bond donors (Lipinski definition) is 0. The predicted molar refractivity (Wildman–Crippen MR) is 115 cm³/mol. The number of carbonyl (C=O) groups excluding carboxylic acids is 2. The fourth-order valence-electron chi connectivity index (χ4n) is 2.60. The molecule has 0 aliphatic carbocycles. The minimum atomic E-state index is -4.61. The van der Waals surface area contributed by atoms with Crippen molar-refractivity contribution in [3.63, 3.8) is 0 Å². The number of halogens is 4. The van der Waals surface area contributed by atoms with E-state index in [1.165, 1.54) is 13.8 Å². The van der Waals surface area contributed by atoms with E-state index in [1.54, 1.807) is 0 Å². The van der Waals surface area contributed by atoms with Gasteiger partial charge in [0.25, 0.3) is 5.69 Å². The molecule has 0 bridgehead atoms. The smallest absolute Gasteiger partial charge is 0.416 e. The van der Waals surface area contributed by atoms with Crippen LogP contribution in [0.15, 0.2) is 36.4 Å². The summed E-state index contributed by atoms with van der Waals surface area (Å²) in [5, 5.41) is 11.0. The van der Waals surface area contributed by atoms with Crippen LogP contribution in [0.25, 0.3) is 0 Å². The number of nitro benzene ring substituents is 1. The molecule has 34 heavy (non-hydrogen) atoms. The fourth-order valence-corrected chi connectivity index (χ4v) is 2.82. The van der Waals surface area contributed by atoms with Gasteiger partial charge in [0.05, 0.1) is 22.1 Å². The van der Waals surface area contributed by atoms with E-state index in [4.69, 9.17) is 25.8 Å². The van der Waals surface area contributed by atoms with Crippen molar-refractivity contribution in [1.82, 2.24) is 0 Å². The number of unbranched alkanes of at least 4 members (excludes halogenated alkanes) is 1. The summed E-state index contributed by atoms with van der Waals surface area (Å²) >= 11 is 5.87. The van der Waals surface area contributed by atoms with Crippen molar-refractivity contribution in [2.75, 3.05) is 6.61 Å². The molecule has 0 N–H and O–H groups in total. The standard InChI is InChI=1S/C22H21ClF3NO7/c1-4-5-10-32-20(29)21(2,3)34-19(28)15-12-14(7-8-17(15)27(30)31)33-18-9-6-13(11-16(18)23)22(24,25)26/h6-9,11-12H,4-5,10H2,1-3H3. The van der Waals surface area contributed by atoms with Crippen molar-refractivity contribution in [3.05, 3.63) is 62.7 Å². The SMILES string of the molecule is CCCCOC(=O)C(C)(C)OC(=O)c1cc(Oc2ccc(C(F)(F)F)cc2Cl)ccc1[N+](=O)[O-]. The molecule has 0 atom stereocenters. The zero-order valence-electron chi connectivity index (χ0n) is 18.4. The Hall–Kier alpha value is -3.34. The van der Waals surface area contributed by atoms with Gasteiger partial charge in [-0.2, -0.15) is 13.2 Å². The molecule has 0 unspecified atom stereocenters. The van der Waals surface area contributed by atoms with Crippen LogP contribution in [0.3, 0.4) is 0 Å². The van der Waals surface area contributed by atoms with Crippen LogP contribution in [0.5, 0.6) is 11.5 Å².